The van der Waals surface area contributed by atoms with E-state index in [9.17, 15) is 13.2 Å². The summed E-state index contributed by atoms with van der Waals surface area (Å²) in [5.41, 5.74) is 0. The SMILES string of the molecule is FC(F)(F)CN1CCC[C@@H](COc2ccccc2Br)C1. The Hall–Kier alpha value is -0.750. The van der Waals surface area contributed by atoms with Crippen molar-refractivity contribution >= 4 is 15.9 Å². The number of nitrogens with zero attached hydrogens (tertiary/aromatic N) is 1. The molecule has 1 heterocycles. The summed E-state index contributed by atoms with van der Waals surface area (Å²) in [6, 6.07) is 7.49. The lowest BCUT2D eigenvalue weighted by molar-refractivity contribution is -0.149. The zero-order chi connectivity index (χ0) is 14.6. The summed E-state index contributed by atoms with van der Waals surface area (Å²) in [5.74, 6) is 0.888. The summed E-state index contributed by atoms with van der Waals surface area (Å²) in [6.07, 6.45) is -2.41. The van der Waals surface area contributed by atoms with Gasteiger partial charge in [-0.05, 0) is 47.4 Å². The van der Waals surface area contributed by atoms with E-state index >= 15 is 0 Å². The summed E-state index contributed by atoms with van der Waals surface area (Å²) in [6.45, 7) is 0.602. The molecule has 1 fully saturated rings. The van der Waals surface area contributed by atoms with Gasteiger partial charge in [0, 0.05) is 12.5 Å². The topological polar surface area (TPSA) is 12.5 Å². The lowest BCUT2D eigenvalue weighted by Crippen LogP contribution is -2.42. The molecule has 6 heteroatoms. The molecule has 1 aromatic rings. The van der Waals surface area contributed by atoms with Crippen LogP contribution < -0.4 is 4.74 Å². The first-order valence-electron chi connectivity index (χ1n) is 6.60. The highest BCUT2D eigenvalue weighted by atomic mass is 79.9. The number of hydrogen-bond donors (Lipinski definition) is 0. The molecule has 0 N–H and O–H groups in total. The second-order valence-electron chi connectivity index (χ2n) is 5.10. The second kappa shape index (κ2) is 6.80. The average Bonchev–Trinajstić information content (AvgIpc) is 2.36. The van der Waals surface area contributed by atoms with E-state index in [-0.39, 0.29) is 5.92 Å². The van der Waals surface area contributed by atoms with E-state index in [0.717, 1.165) is 23.1 Å². The Balaban J connectivity index is 1.83. The highest BCUT2D eigenvalue weighted by Gasteiger charge is 2.33. The Morgan fingerprint density at radius 3 is 2.75 bits per heavy atom. The molecule has 1 saturated heterocycles. The van der Waals surface area contributed by atoms with Gasteiger partial charge in [0.15, 0.2) is 0 Å². The lowest BCUT2D eigenvalue weighted by Gasteiger charge is -2.33. The zero-order valence-corrected chi connectivity index (χ0v) is 12.6. The summed E-state index contributed by atoms with van der Waals surface area (Å²) in [7, 11) is 0. The third-order valence-corrected chi connectivity index (χ3v) is 3.97. The standard InChI is InChI=1S/C14H17BrF3NO/c15-12-5-1-2-6-13(12)20-9-11-4-3-7-19(8-11)10-14(16,17)18/h1-2,5-6,11H,3-4,7-10H2/t11-/m1/s1. The molecule has 0 unspecified atom stereocenters. The van der Waals surface area contributed by atoms with Crippen molar-refractivity contribution < 1.29 is 17.9 Å². The van der Waals surface area contributed by atoms with Crippen LogP contribution in [0.2, 0.25) is 0 Å². The molecule has 0 bridgehead atoms. The summed E-state index contributed by atoms with van der Waals surface area (Å²) in [4.78, 5) is 1.47. The van der Waals surface area contributed by atoms with E-state index in [1.807, 2.05) is 24.3 Å². The van der Waals surface area contributed by atoms with Gasteiger partial charge in [0.2, 0.25) is 0 Å². The van der Waals surface area contributed by atoms with Crippen LogP contribution in [0.1, 0.15) is 12.8 Å². The average molecular weight is 352 g/mol. The van der Waals surface area contributed by atoms with Gasteiger partial charge in [-0.1, -0.05) is 12.1 Å². The number of para-hydroxylation sites is 1. The summed E-state index contributed by atoms with van der Waals surface area (Å²) in [5, 5.41) is 0. The normalized spacial score (nSPS) is 20.9. The number of halogens is 4. The molecule has 20 heavy (non-hydrogen) atoms. The smallest absolute Gasteiger partial charge is 0.401 e. The van der Waals surface area contributed by atoms with Gasteiger partial charge in [0.25, 0.3) is 0 Å². The molecule has 0 aliphatic carbocycles. The Morgan fingerprint density at radius 2 is 2.05 bits per heavy atom. The van der Waals surface area contributed by atoms with Crippen molar-refractivity contribution in [1.29, 1.82) is 0 Å². The fourth-order valence-electron chi connectivity index (χ4n) is 2.45. The molecule has 112 valence electrons. The maximum atomic E-state index is 12.4. The molecule has 2 rings (SSSR count). The van der Waals surface area contributed by atoms with E-state index in [1.54, 1.807) is 0 Å². The van der Waals surface area contributed by atoms with Crippen LogP contribution in [0.25, 0.3) is 0 Å². The second-order valence-corrected chi connectivity index (χ2v) is 5.95. The minimum Gasteiger partial charge on any atom is -0.492 e. The van der Waals surface area contributed by atoms with Crippen molar-refractivity contribution in [2.45, 2.75) is 19.0 Å². The number of rotatable bonds is 4. The molecule has 0 saturated carbocycles. The predicted molar refractivity (Wildman–Crippen MR) is 74.9 cm³/mol. The molecule has 1 aliphatic heterocycles. The first-order chi connectivity index (χ1) is 9.44. The van der Waals surface area contributed by atoms with Crippen molar-refractivity contribution in [2.24, 2.45) is 5.92 Å². The number of alkyl halides is 3. The summed E-state index contributed by atoms with van der Waals surface area (Å²) >= 11 is 3.39. The molecule has 1 aliphatic rings. The Bertz CT molecular complexity index is 439. The monoisotopic (exact) mass is 351 g/mol. The van der Waals surface area contributed by atoms with Gasteiger partial charge in [-0.3, -0.25) is 4.90 Å². The van der Waals surface area contributed by atoms with Crippen LogP contribution in [0.4, 0.5) is 13.2 Å². The molecule has 1 atom stereocenters. The third kappa shape index (κ3) is 4.98. The highest BCUT2D eigenvalue weighted by molar-refractivity contribution is 9.10. The van der Waals surface area contributed by atoms with Crippen LogP contribution in [0.15, 0.2) is 28.7 Å². The fourth-order valence-corrected chi connectivity index (χ4v) is 2.85. The molecule has 0 amide bonds. The maximum absolute atomic E-state index is 12.4. The number of hydrogen-bond acceptors (Lipinski definition) is 2. The van der Waals surface area contributed by atoms with Gasteiger partial charge in [-0.15, -0.1) is 0 Å². The lowest BCUT2D eigenvalue weighted by atomic mass is 9.99. The van der Waals surface area contributed by atoms with Crippen molar-refractivity contribution in [1.82, 2.24) is 4.90 Å². The number of benzene rings is 1. The molecule has 0 radical (unpaired) electrons. The van der Waals surface area contributed by atoms with E-state index in [1.165, 1.54) is 4.90 Å². The van der Waals surface area contributed by atoms with Crippen LogP contribution in [0.5, 0.6) is 5.75 Å². The first-order valence-corrected chi connectivity index (χ1v) is 7.40. The van der Waals surface area contributed by atoms with Gasteiger partial charge in [-0.25, -0.2) is 0 Å². The molecule has 1 aromatic carbocycles. The quantitative estimate of drug-likeness (QED) is 0.809. The van der Waals surface area contributed by atoms with Crippen LogP contribution in [-0.2, 0) is 0 Å². The zero-order valence-electron chi connectivity index (χ0n) is 11.0. The molecular weight excluding hydrogens is 335 g/mol. The first kappa shape index (κ1) is 15.6. The molecular formula is C14H17BrF3NO. The van der Waals surface area contributed by atoms with Crippen LogP contribution in [0.3, 0.4) is 0 Å². The largest absolute Gasteiger partial charge is 0.492 e. The number of ether oxygens (including phenoxy) is 1. The van der Waals surface area contributed by atoms with Crippen molar-refractivity contribution in [3.8, 4) is 5.75 Å². The van der Waals surface area contributed by atoms with E-state index in [4.69, 9.17) is 4.74 Å². The van der Waals surface area contributed by atoms with Gasteiger partial charge >= 0.3 is 6.18 Å². The van der Waals surface area contributed by atoms with E-state index in [0.29, 0.717) is 19.7 Å². The highest BCUT2D eigenvalue weighted by Crippen LogP contribution is 2.26. The Labute approximate surface area is 125 Å². The molecule has 2 nitrogen and oxygen atoms in total. The summed E-state index contributed by atoms with van der Waals surface area (Å²) < 4.78 is 43.7. The number of piperidine rings is 1. The predicted octanol–water partition coefficient (Wildman–Crippen LogP) is 4.10. The van der Waals surface area contributed by atoms with Gasteiger partial charge in [-0.2, -0.15) is 13.2 Å². The number of likely N-dealkylation sites (tertiary alicyclic amines) is 1. The minimum absolute atomic E-state index is 0.151. The van der Waals surface area contributed by atoms with Crippen molar-refractivity contribution in [3.05, 3.63) is 28.7 Å². The van der Waals surface area contributed by atoms with Crippen LogP contribution in [-0.4, -0.2) is 37.3 Å². The Morgan fingerprint density at radius 1 is 1.30 bits per heavy atom. The van der Waals surface area contributed by atoms with Crippen LogP contribution in [0, 0.1) is 5.92 Å². The molecule has 0 spiro atoms. The van der Waals surface area contributed by atoms with Crippen molar-refractivity contribution in [3.63, 3.8) is 0 Å². The Kier molecular flexibility index (Phi) is 5.32. The maximum Gasteiger partial charge on any atom is 0.401 e. The fraction of sp³-hybridized carbons (Fsp3) is 0.571. The van der Waals surface area contributed by atoms with Gasteiger partial charge < -0.3 is 4.74 Å². The third-order valence-electron chi connectivity index (χ3n) is 3.32. The van der Waals surface area contributed by atoms with Gasteiger partial charge in [0.1, 0.15) is 5.75 Å². The van der Waals surface area contributed by atoms with Gasteiger partial charge in [0.05, 0.1) is 17.6 Å². The van der Waals surface area contributed by atoms with Crippen molar-refractivity contribution in [2.75, 3.05) is 26.2 Å². The minimum atomic E-state index is -4.12. The van der Waals surface area contributed by atoms with E-state index in [2.05, 4.69) is 15.9 Å². The van der Waals surface area contributed by atoms with E-state index < -0.39 is 12.7 Å². The van der Waals surface area contributed by atoms with Crippen LogP contribution >= 0.6 is 15.9 Å². The molecule has 0 aromatic heterocycles.